The summed E-state index contributed by atoms with van der Waals surface area (Å²) in [5, 5.41) is 6.55. The first-order valence-electron chi connectivity index (χ1n) is 5.03. The van der Waals surface area contributed by atoms with Crippen LogP contribution in [0.3, 0.4) is 0 Å². The topological polar surface area (TPSA) is 41.1 Å². The zero-order valence-corrected chi connectivity index (χ0v) is 9.05. The average Bonchev–Trinajstić information content (AvgIpc) is 2.98. The molecule has 0 bridgehead atoms. The molecule has 2 rings (SSSR count). The molecular weight excluding hydrogens is 212 g/mol. The fraction of sp³-hybridized carbons (Fsp3) is 0.364. The highest BCUT2D eigenvalue weighted by Gasteiger charge is 2.20. The van der Waals surface area contributed by atoms with E-state index in [9.17, 15) is 4.79 Å². The first-order chi connectivity index (χ1) is 7.24. The van der Waals surface area contributed by atoms with Gasteiger partial charge in [0.25, 0.3) is 0 Å². The van der Waals surface area contributed by atoms with E-state index in [0.29, 0.717) is 17.6 Å². The van der Waals surface area contributed by atoms with Crippen molar-refractivity contribution in [1.82, 2.24) is 5.32 Å². The molecule has 0 radical (unpaired) electrons. The van der Waals surface area contributed by atoms with Crippen molar-refractivity contribution in [2.75, 3.05) is 11.9 Å². The molecule has 1 amide bonds. The molecule has 2 N–H and O–H groups in total. The number of anilines is 1. The highest BCUT2D eigenvalue weighted by atomic mass is 35.5. The van der Waals surface area contributed by atoms with Crippen LogP contribution in [0.25, 0.3) is 0 Å². The Labute approximate surface area is 93.8 Å². The average molecular weight is 225 g/mol. The molecule has 3 nitrogen and oxygen atoms in total. The molecule has 80 valence electrons. The van der Waals surface area contributed by atoms with Crippen molar-refractivity contribution in [1.29, 1.82) is 0 Å². The quantitative estimate of drug-likeness (QED) is 0.822. The van der Waals surface area contributed by atoms with Crippen LogP contribution in [0.4, 0.5) is 5.69 Å². The summed E-state index contributed by atoms with van der Waals surface area (Å²) in [6.45, 7) is 0.372. The minimum Gasteiger partial charge on any atom is -0.325 e. The second kappa shape index (κ2) is 4.64. The lowest BCUT2D eigenvalue weighted by Gasteiger charge is -2.05. The molecule has 0 heterocycles. The zero-order chi connectivity index (χ0) is 10.7. The third-order valence-corrected chi connectivity index (χ3v) is 2.47. The van der Waals surface area contributed by atoms with Gasteiger partial charge in [0.1, 0.15) is 0 Å². The van der Waals surface area contributed by atoms with Gasteiger partial charge in [-0.1, -0.05) is 17.7 Å². The van der Waals surface area contributed by atoms with Gasteiger partial charge in [0.05, 0.1) is 6.54 Å². The van der Waals surface area contributed by atoms with Gasteiger partial charge >= 0.3 is 0 Å². The molecule has 0 saturated heterocycles. The first kappa shape index (κ1) is 10.5. The van der Waals surface area contributed by atoms with Gasteiger partial charge in [-0.2, -0.15) is 0 Å². The standard InChI is InChI=1S/C11H13ClN2O/c12-8-2-1-3-10(6-8)14-11(15)7-13-9-4-5-9/h1-3,6,9,13H,4-5,7H2,(H,14,15). The first-order valence-corrected chi connectivity index (χ1v) is 5.40. The van der Waals surface area contributed by atoms with Gasteiger partial charge in [-0.05, 0) is 31.0 Å². The number of amides is 1. The van der Waals surface area contributed by atoms with Crippen molar-refractivity contribution in [2.24, 2.45) is 0 Å². The molecule has 0 atom stereocenters. The van der Waals surface area contributed by atoms with E-state index in [1.165, 1.54) is 12.8 Å². The summed E-state index contributed by atoms with van der Waals surface area (Å²) in [5.74, 6) is -0.0239. The summed E-state index contributed by atoms with van der Waals surface area (Å²) in [6, 6.07) is 7.69. The van der Waals surface area contributed by atoms with Crippen molar-refractivity contribution < 1.29 is 4.79 Å². The maximum atomic E-state index is 11.4. The van der Waals surface area contributed by atoms with E-state index >= 15 is 0 Å². The van der Waals surface area contributed by atoms with Crippen LogP contribution in [0, 0.1) is 0 Å². The van der Waals surface area contributed by atoms with E-state index in [-0.39, 0.29) is 5.91 Å². The molecule has 1 aromatic carbocycles. The Hall–Kier alpha value is -1.06. The number of halogens is 1. The Bertz CT molecular complexity index is 363. The summed E-state index contributed by atoms with van der Waals surface area (Å²) in [5.41, 5.74) is 0.741. The van der Waals surface area contributed by atoms with Crippen molar-refractivity contribution >= 4 is 23.2 Å². The van der Waals surface area contributed by atoms with Gasteiger partial charge in [-0.15, -0.1) is 0 Å². The Morgan fingerprint density at radius 2 is 2.27 bits per heavy atom. The number of hydrogen-bond acceptors (Lipinski definition) is 2. The summed E-state index contributed by atoms with van der Waals surface area (Å²) in [7, 11) is 0. The van der Waals surface area contributed by atoms with Crippen molar-refractivity contribution in [3.8, 4) is 0 Å². The summed E-state index contributed by atoms with van der Waals surface area (Å²) < 4.78 is 0. The molecule has 1 aromatic rings. The Morgan fingerprint density at radius 1 is 1.47 bits per heavy atom. The zero-order valence-electron chi connectivity index (χ0n) is 8.29. The molecule has 1 saturated carbocycles. The van der Waals surface area contributed by atoms with Crippen LogP contribution in [0.5, 0.6) is 0 Å². The van der Waals surface area contributed by atoms with Crippen LogP contribution in [-0.4, -0.2) is 18.5 Å². The van der Waals surface area contributed by atoms with Gasteiger partial charge in [0, 0.05) is 16.8 Å². The molecule has 1 fully saturated rings. The number of carbonyl (C=O) groups is 1. The number of rotatable bonds is 4. The lowest BCUT2D eigenvalue weighted by Crippen LogP contribution is -2.29. The molecule has 0 unspecified atom stereocenters. The van der Waals surface area contributed by atoms with Gasteiger partial charge in [-0.3, -0.25) is 4.79 Å². The fourth-order valence-electron chi connectivity index (χ4n) is 1.30. The van der Waals surface area contributed by atoms with E-state index in [1.54, 1.807) is 12.1 Å². The van der Waals surface area contributed by atoms with Crippen LogP contribution in [0.2, 0.25) is 5.02 Å². The minimum absolute atomic E-state index is 0.0239. The maximum absolute atomic E-state index is 11.4. The van der Waals surface area contributed by atoms with Crippen LogP contribution in [0.15, 0.2) is 24.3 Å². The third-order valence-electron chi connectivity index (χ3n) is 2.24. The van der Waals surface area contributed by atoms with E-state index in [4.69, 9.17) is 11.6 Å². The Morgan fingerprint density at radius 3 is 2.93 bits per heavy atom. The van der Waals surface area contributed by atoms with E-state index in [0.717, 1.165) is 5.69 Å². The van der Waals surface area contributed by atoms with E-state index < -0.39 is 0 Å². The lowest BCUT2D eigenvalue weighted by atomic mass is 10.3. The molecule has 0 spiro atoms. The number of nitrogens with one attached hydrogen (secondary N) is 2. The highest BCUT2D eigenvalue weighted by Crippen LogP contribution is 2.18. The second-order valence-corrected chi connectivity index (χ2v) is 4.15. The lowest BCUT2D eigenvalue weighted by molar-refractivity contribution is -0.115. The monoisotopic (exact) mass is 224 g/mol. The predicted molar refractivity (Wildman–Crippen MR) is 61.1 cm³/mol. The Kier molecular flexibility index (Phi) is 3.23. The van der Waals surface area contributed by atoms with Crippen molar-refractivity contribution in [3.05, 3.63) is 29.3 Å². The van der Waals surface area contributed by atoms with Crippen LogP contribution < -0.4 is 10.6 Å². The van der Waals surface area contributed by atoms with Gasteiger partial charge in [0.15, 0.2) is 0 Å². The molecule has 1 aliphatic rings. The largest absolute Gasteiger partial charge is 0.325 e. The van der Waals surface area contributed by atoms with Gasteiger partial charge in [-0.25, -0.2) is 0 Å². The third kappa shape index (κ3) is 3.53. The molecule has 0 aliphatic heterocycles. The molecular formula is C11H13ClN2O. The summed E-state index contributed by atoms with van der Waals surface area (Å²) in [4.78, 5) is 11.4. The molecule has 0 aromatic heterocycles. The minimum atomic E-state index is -0.0239. The highest BCUT2D eigenvalue weighted by molar-refractivity contribution is 6.30. The van der Waals surface area contributed by atoms with Gasteiger partial charge < -0.3 is 10.6 Å². The Balaban J connectivity index is 1.81. The van der Waals surface area contributed by atoms with Crippen LogP contribution in [0.1, 0.15) is 12.8 Å². The fourth-order valence-corrected chi connectivity index (χ4v) is 1.49. The second-order valence-electron chi connectivity index (χ2n) is 3.71. The van der Waals surface area contributed by atoms with E-state index in [1.807, 2.05) is 12.1 Å². The molecule has 1 aliphatic carbocycles. The van der Waals surface area contributed by atoms with E-state index in [2.05, 4.69) is 10.6 Å². The smallest absolute Gasteiger partial charge is 0.238 e. The summed E-state index contributed by atoms with van der Waals surface area (Å²) >= 11 is 5.80. The molecule has 4 heteroatoms. The van der Waals surface area contributed by atoms with Crippen molar-refractivity contribution in [3.63, 3.8) is 0 Å². The normalized spacial score (nSPS) is 15.0. The molecule has 15 heavy (non-hydrogen) atoms. The van der Waals surface area contributed by atoms with Crippen LogP contribution in [-0.2, 0) is 4.79 Å². The van der Waals surface area contributed by atoms with Crippen molar-refractivity contribution in [2.45, 2.75) is 18.9 Å². The van der Waals surface area contributed by atoms with Crippen LogP contribution >= 0.6 is 11.6 Å². The summed E-state index contributed by atoms with van der Waals surface area (Å²) in [6.07, 6.45) is 2.37. The number of benzene rings is 1. The number of carbonyl (C=O) groups excluding carboxylic acids is 1. The SMILES string of the molecule is O=C(CNC1CC1)Nc1cccc(Cl)c1. The maximum Gasteiger partial charge on any atom is 0.238 e. The predicted octanol–water partition coefficient (Wildman–Crippen LogP) is 2.03. The number of hydrogen-bond donors (Lipinski definition) is 2. The van der Waals surface area contributed by atoms with Gasteiger partial charge in [0.2, 0.25) is 5.91 Å².